The summed E-state index contributed by atoms with van der Waals surface area (Å²) in [4.78, 5) is 20.3. The summed E-state index contributed by atoms with van der Waals surface area (Å²) in [5.41, 5.74) is 6.84. The lowest BCUT2D eigenvalue weighted by atomic mass is 9.50. The van der Waals surface area contributed by atoms with Gasteiger partial charge in [0.25, 0.3) is 5.91 Å². The molecule has 0 aliphatic heterocycles. The monoisotopic (exact) mass is 272 g/mol. The molecule has 4 saturated carbocycles. The van der Waals surface area contributed by atoms with E-state index in [0.29, 0.717) is 17.5 Å². The van der Waals surface area contributed by atoms with Gasteiger partial charge < -0.3 is 11.1 Å². The fraction of sp³-hybridized carbons (Fsp3) is 0.667. The number of hydrogen-bond acceptors (Lipinski definition) is 4. The van der Waals surface area contributed by atoms with Crippen LogP contribution in [0, 0.1) is 11.8 Å². The predicted molar refractivity (Wildman–Crippen MR) is 73.8 cm³/mol. The van der Waals surface area contributed by atoms with Crippen LogP contribution >= 0.6 is 0 Å². The highest BCUT2D eigenvalue weighted by molar-refractivity contribution is 5.92. The van der Waals surface area contributed by atoms with Gasteiger partial charge in [-0.15, -0.1) is 0 Å². The van der Waals surface area contributed by atoms with Crippen molar-refractivity contribution in [1.29, 1.82) is 0 Å². The quantitative estimate of drug-likeness (QED) is 0.849. The van der Waals surface area contributed by atoms with Crippen molar-refractivity contribution in [3.05, 3.63) is 24.3 Å². The molecule has 0 aromatic carbocycles. The number of carbonyl (C=O) groups is 1. The summed E-state index contributed by atoms with van der Waals surface area (Å²) in [6.07, 6.45) is 9.67. The molecule has 3 N–H and O–H groups in total. The van der Waals surface area contributed by atoms with Crippen LogP contribution in [0.1, 0.15) is 49.0 Å². The molecule has 4 bridgehead atoms. The Morgan fingerprint density at radius 3 is 2.65 bits per heavy atom. The van der Waals surface area contributed by atoms with Crippen LogP contribution in [0.5, 0.6) is 0 Å². The molecule has 20 heavy (non-hydrogen) atoms. The van der Waals surface area contributed by atoms with Crippen LogP contribution in [0.3, 0.4) is 0 Å². The molecule has 4 fully saturated rings. The van der Waals surface area contributed by atoms with Gasteiger partial charge in [-0.1, -0.05) is 0 Å². The van der Waals surface area contributed by atoms with Gasteiger partial charge >= 0.3 is 0 Å². The third kappa shape index (κ3) is 1.92. The van der Waals surface area contributed by atoms with Gasteiger partial charge in [0.1, 0.15) is 12.0 Å². The minimum Gasteiger partial charge on any atom is -0.345 e. The minimum absolute atomic E-state index is 0.0525. The molecule has 1 heterocycles. The fourth-order valence-electron chi connectivity index (χ4n) is 5.21. The Hall–Kier alpha value is -1.49. The Morgan fingerprint density at radius 2 is 2.05 bits per heavy atom. The third-order valence-electron chi connectivity index (χ3n) is 5.30. The van der Waals surface area contributed by atoms with E-state index in [-0.39, 0.29) is 17.0 Å². The number of carbonyl (C=O) groups excluding carboxylic acids is 1. The van der Waals surface area contributed by atoms with Crippen molar-refractivity contribution in [3.63, 3.8) is 0 Å². The third-order valence-corrected chi connectivity index (χ3v) is 5.30. The van der Waals surface area contributed by atoms with Crippen molar-refractivity contribution in [2.45, 2.75) is 49.6 Å². The van der Waals surface area contributed by atoms with Crippen molar-refractivity contribution < 1.29 is 4.79 Å². The Morgan fingerprint density at radius 1 is 1.30 bits per heavy atom. The lowest BCUT2D eigenvalue weighted by Gasteiger charge is -2.61. The second kappa shape index (κ2) is 4.01. The number of nitrogens with one attached hydrogen (secondary N) is 1. The number of hydrogen-bond donors (Lipinski definition) is 2. The molecular formula is C15H20N4O. The number of nitrogens with two attached hydrogens (primary N) is 1. The average Bonchev–Trinajstić information content (AvgIpc) is 2.36. The van der Waals surface area contributed by atoms with Crippen LogP contribution in [-0.2, 0) is 0 Å². The Labute approximate surface area is 118 Å². The van der Waals surface area contributed by atoms with Crippen molar-refractivity contribution in [2.24, 2.45) is 17.6 Å². The standard InChI is InChI=1S/C15H20N4O/c16-14-4-10-3-11(5-14)7-15(6-10,8-14)19-13(20)12-1-2-17-9-18-12/h1-2,9-11H,3-8,16H2,(H,19,20). The van der Waals surface area contributed by atoms with Crippen molar-refractivity contribution >= 4 is 5.91 Å². The minimum atomic E-state index is -0.0964. The van der Waals surface area contributed by atoms with E-state index in [9.17, 15) is 4.79 Å². The fourth-order valence-corrected chi connectivity index (χ4v) is 5.21. The maximum Gasteiger partial charge on any atom is 0.270 e. The molecule has 2 unspecified atom stereocenters. The van der Waals surface area contributed by atoms with Gasteiger partial charge in [0.15, 0.2) is 0 Å². The SMILES string of the molecule is NC12CC3CC(C1)CC(NC(=O)c1ccncn1)(C3)C2. The van der Waals surface area contributed by atoms with Crippen molar-refractivity contribution in [3.8, 4) is 0 Å². The van der Waals surface area contributed by atoms with Gasteiger partial charge in [0, 0.05) is 17.3 Å². The van der Waals surface area contributed by atoms with Crippen molar-refractivity contribution in [2.75, 3.05) is 0 Å². The zero-order valence-electron chi connectivity index (χ0n) is 11.5. The predicted octanol–water partition coefficient (Wildman–Crippen LogP) is 1.26. The molecule has 1 aromatic heterocycles. The molecule has 5 heteroatoms. The highest BCUT2D eigenvalue weighted by Gasteiger charge is 2.56. The summed E-state index contributed by atoms with van der Waals surface area (Å²) in [6, 6.07) is 1.66. The first kappa shape index (κ1) is 12.3. The van der Waals surface area contributed by atoms with Gasteiger partial charge in [0.05, 0.1) is 0 Å². The smallest absolute Gasteiger partial charge is 0.270 e. The topological polar surface area (TPSA) is 80.9 Å². The highest BCUT2D eigenvalue weighted by atomic mass is 16.2. The summed E-state index contributed by atoms with van der Waals surface area (Å²) in [6.45, 7) is 0. The molecule has 0 radical (unpaired) electrons. The van der Waals surface area contributed by atoms with E-state index < -0.39 is 0 Å². The zero-order valence-corrected chi connectivity index (χ0v) is 11.5. The molecule has 5 nitrogen and oxygen atoms in total. The number of rotatable bonds is 2. The lowest BCUT2D eigenvalue weighted by molar-refractivity contribution is -0.0321. The van der Waals surface area contributed by atoms with Crippen LogP contribution in [0.2, 0.25) is 0 Å². The van der Waals surface area contributed by atoms with Crippen LogP contribution in [-0.4, -0.2) is 27.0 Å². The van der Waals surface area contributed by atoms with E-state index >= 15 is 0 Å². The summed E-state index contributed by atoms with van der Waals surface area (Å²) in [7, 11) is 0. The van der Waals surface area contributed by atoms with Crippen LogP contribution in [0.25, 0.3) is 0 Å². The van der Waals surface area contributed by atoms with E-state index in [1.807, 2.05) is 0 Å². The maximum atomic E-state index is 12.4. The number of nitrogens with zero attached hydrogens (tertiary/aromatic N) is 2. The van der Waals surface area contributed by atoms with Crippen LogP contribution in [0.4, 0.5) is 0 Å². The molecule has 1 amide bonds. The Bertz CT molecular complexity index is 530. The van der Waals surface area contributed by atoms with E-state index in [1.54, 1.807) is 12.3 Å². The molecule has 2 atom stereocenters. The first-order valence-corrected chi connectivity index (χ1v) is 7.43. The van der Waals surface area contributed by atoms with Gasteiger partial charge in [-0.3, -0.25) is 4.79 Å². The van der Waals surface area contributed by atoms with Gasteiger partial charge in [-0.05, 0) is 56.4 Å². The Kier molecular flexibility index (Phi) is 2.46. The number of amides is 1. The second-order valence-corrected chi connectivity index (χ2v) is 7.15. The molecule has 5 rings (SSSR count). The van der Waals surface area contributed by atoms with Crippen molar-refractivity contribution in [1.82, 2.24) is 15.3 Å². The molecule has 106 valence electrons. The summed E-state index contributed by atoms with van der Waals surface area (Å²) in [5.74, 6) is 1.29. The van der Waals surface area contributed by atoms with Crippen LogP contribution in [0.15, 0.2) is 18.6 Å². The van der Waals surface area contributed by atoms with E-state index in [2.05, 4.69) is 15.3 Å². The van der Waals surface area contributed by atoms with Gasteiger partial charge in [-0.25, -0.2) is 9.97 Å². The molecule has 1 aromatic rings. The molecule has 4 aliphatic rings. The Balaban J connectivity index is 1.58. The molecule has 0 saturated heterocycles. The molecule has 4 aliphatic carbocycles. The normalized spacial score (nSPS) is 41.6. The first-order valence-electron chi connectivity index (χ1n) is 7.43. The first-order chi connectivity index (χ1) is 9.56. The number of aromatic nitrogens is 2. The summed E-state index contributed by atoms with van der Waals surface area (Å²) >= 11 is 0. The maximum absolute atomic E-state index is 12.4. The van der Waals surface area contributed by atoms with E-state index in [0.717, 1.165) is 32.1 Å². The van der Waals surface area contributed by atoms with Gasteiger partial charge in [-0.2, -0.15) is 0 Å². The molecular weight excluding hydrogens is 252 g/mol. The summed E-state index contributed by atoms with van der Waals surface area (Å²) < 4.78 is 0. The lowest BCUT2D eigenvalue weighted by Crippen LogP contribution is -2.68. The average molecular weight is 272 g/mol. The zero-order chi connectivity index (χ0) is 13.8. The molecule has 0 spiro atoms. The van der Waals surface area contributed by atoms with Gasteiger partial charge in [0.2, 0.25) is 0 Å². The highest BCUT2D eigenvalue weighted by Crippen LogP contribution is 2.56. The summed E-state index contributed by atoms with van der Waals surface area (Å²) in [5, 5.41) is 3.26. The largest absolute Gasteiger partial charge is 0.345 e. The second-order valence-electron chi connectivity index (χ2n) is 7.15. The van der Waals surface area contributed by atoms with E-state index in [4.69, 9.17) is 5.73 Å². The van der Waals surface area contributed by atoms with Crippen LogP contribution < -0.4 is 11.1 Å². The van der Waals surface area contributed by atoms with E-state index in [1.165, 1.54) is 12.7 Å².